The summed E-state index contributed by atoms with van der Waals surface area (Å²) in [5.74, 6) is -0.878. The standard InChI is InChI=1S/C25H28N2O2S/c1-24(2)10-11-25(3,4)21-15-18(16-27-13-5-12-26-27)17(14-20(21)24)6-7-19-8-9-22(30-19)23(28)29/h5-9,12-15H,10-11,16H2,1-4H3,(H,28,29). The monoisotopic (exact) mass is 420 g/mol. The minimum Gasteiger partial charge on any atom is -0.477 e. The Balaban J connectivity index is 1.80. The highest BCUT2D eigenvalue weighted by molar-refractivity contribution is 7.14. The molecule has 2 aromatic heterocycles. The van der Waals surface area contributed by atoms with Gasteiger partial charge in [0.1, 0.15) is 4.88 Å². The highest BCUT2D eigenvalue weighted by atomic mass is 32.1. The largest absolute Gasteiger partial charge is 0.477 e. The van der Waals surface area contributed by atoms with E-state index in [1.807, 2.05) is 29.1 Å². The van der Waals surface area contributed by atoms with Gasteiger partial charge in [-0.3, -0.25) is 4.68 Å². The van der Waals surface area contributed by atoms with Crippen LogP contribution in [-0.2, 0) is 17.4 Å². The lowest BCUT2D eigenvalue weighted by atomic mass is 9.62. The average molecular weight is 421 g/mol. The van der Waals surface area contributed by atoms with Crippen LogP contribution in [0.2, 0.25) is 0 Å². The third kappa shape index (κ3) is 3.99. The summed E-state index contributed by atoms with van der Waals surface area (Å²) in [6.07, 6.45) is 10.3. The summed E-state index contributed by atoms with van der Waals surface area (Å²) in [6.45, 7) is 10.1. The van der Waals surface area contributed by atoms with Crippen molar-refractivity contribution in [2.45, 2.75) is 57.9 Å². The molecular formula is C25H28N2O2S. The van der Waals surface area contributed by atoms with Gasteiger partial charge in [-0.05, 0) is 70.2 Å². The normalized spacial score (nSPS) is 17.2. The van der Waals surface area contributed by atoms with Gasteiger partial charge in [0.2, 0.25) is 0 Å². The van der Waals surface area contributed by atoms with Crippen molar-refractivity contribution in [3.05, 3.63) is 74.7 Å². The van der Waals surface area contributed by atoms with Crippen molar-refractivity contribution in [3.8, 4) is 0 Å². The number of fused-ring (bicyclic) bond motifs is 1. The van der Waals surface area contributed by atoms with Crippen molar-refractivity contribution in [2.24, 2.45) is 0 Å². The van der Waals surface area contributed by atoms with Gasteiger partial charge in [-0.25, -0.2) is 4.79 Å². The first-order valence-corrected chi connectivity index (χ1v) is 11.1. The zero-order valence-corrected chi connectivity index (χ0v) is 18.8. The Bertz CT molecular complexity index is 1100. The van der Waals surface area contributed by atoms with Crippen molar-refractivity contribution in [3.63, 3.8) is 0 Å². The Morgan fingerprint density at radius 2 is 1.83 bits per heavy atom. The summed E-state index contributed by atoms with van der Waals surface area (Å²) in [6, 6.07) is 10.2. The number of thiophene rings is 1. The first kappa shape index (κ1) is 20.6. The van der Waals surface area contributed by atoms with E-state index in [1.54, 1.807) is 12.3 Å². The van der Waals surface area contributed by atoms with Crippen molar-refractivity contribution in [2.75, 3.05) is 0 Å². The molecule has 0 amide bonds. The average Bonchev–Trinajstić information content (AvgIpc) is 3.36. The molecule has 2 heterocycles. The van der Waals surface area contributed by atoms with Crippen LogP contribution in [0.1, 0.15) is 77.3 Å². The lowest BCUT2D eigenvalue weighted by molar-refractivity contribution is 0.0702. The van der Waals surface area contributed by atoms with Crippen LogP contribution in [0.5, 0.6) is 0 Å². The van der Waals surface area contributed by atoms with Gasteiger partial charge in [-0.1, -0.05) is 45.9 Å². The molecule has 156 valence electrons. The number of aromatic nitrogens is 2. The summed E-state index contributed by atoms with van der Waals surface area (Å²) in [5.41, 5.74) is 5.53. The van der Waals surface area contributed by atoms with Crippen LogP contribution < -0.4 is 0 Å². The number of nitrogens with zero attached hydrogens (tertiary/aromatic N) is 2. The van der Waals surface area contributed by atoms with E-state index < -0.39 is 5.97 Å². The number of carboxylic acids is 1. The number of hydrogen-bond acceptors (Lipinski definition) is 3. The first-order valence-electron chi connectivity index (χ1n) is 10.3. The van der Waals surface area contributed by atoms with E-state index in [-0.39, 0.29) is 10.8 Å². The predicted octanol–water partition coefficient (Wildman–Crippen LogP) is 6.21. The quantitative estimate of drug-likeness (QED) is 0.534. The van der Waals surface area contributed by atoms with Gasteiger partial charge in [0, 0.05) is 17.3 Å². The van der Waals surface area contributed by atoms with Crippen LogP contribution in [0, 0.1) is 0 Å². The fourth-order valence-corrected chi connectivity index (χ4v) is 5.01. The van der Waals surface area contributed by atoms with Crippen LogP contribution in [0.25, 0.3) is 12.2 Å². The molecule has 0 unspecified atom stereocenters. The number of aromatic carboxylic acids is 1. The van der Waals surface area contributed by atoms with E-state index in [9.17, 15) is 9.90 Å². The highest BCUT2D eigenvalue weighted by Crippen LogP contribution is 2.46. The molecule has 30 heavy (non-hydrogen) atoms. The molecule has 1 aliphatic rings. The molecule has 4 rings (SSSR count). The maximum absolute atomic E-state index is 11.2. The van der Waals surface area contributed by atoms with Crippen LogP contribution in [0.15, 0.2) is 42.7 Å². The molecule has 0 saturated carbocycles. The minimum atomic E-state index is -0.878. The summed E-state index contributed by atoms with van der Waals surface area (Å²) < 4.78 is 1.95. The zero-order chi connectivity index (χ0) is 21.5. The van der Waals surface area contributed by atoms with Crippen LogP contribution in [0.3, 0.4) is 0 Å². The molecule has 1 aliphatic carbocycles. The van der Waals surface area contributed by atoms with Gasteiger partial charge in [-0.15, -0.1) is 11.3 Å². The second-order valence-electron chi connectivity index (χ2n) is 9.41. The van der Waals surface area contributed by atoms with Crippen LogP contribution in [0.4, 0.5) is 0 Å². The first-order chi connectivity index (χ1) is 14.2. The van der Waals surface area contributed by atoms with Crippen molar-refractivity contribution in [1.82, 2.24) is 9.78 Å². The van der Waals surface area contributed by atoms with Gasteiger partial charge in [0.15, 0.2) is 0 Å². The van der Waals surface area contributed by atoms with E-state index in [0.717, 1.165) is 4.88 Å². The van der Waals surface area contributed by atoms with E-state index in [1.165, 1.54) is 46.4 Å². The number of carboxylic acid groups (broad SMARTS) is 1. The maximum atomic E-state index is 11.2. The molecule has 0 spiro atoms. The molecule has 0 saturated heterocycles. The summed E-state index contributed by atoms with van der Waals surface area (Å²) in [7, 11) is 0. The summed E-state index contributed by atoms with van der Waals surface area (Å²) in [4.78, 5) is 12.5. The van der Waals surface area contributed by atoms with E-state index >= 15 is 0 Å². The molecular weight excluding hydrogens is 392 g/mol. The third-order valence-corrected chi connectivity index (χ3v) is 7.31. The molecule has 1 aromatic carbocycles. The minimum absolute atomic E-state index is 0.136. The Kier molecular flexibility index (Phi) is 5.18. The lowest BCUT2D eigenvalue weighted by Crippen LogP contribution is -2.34. The smallest absolute Gasteiger partial charge is 0.345 e. The third-order valence-electron chi connectivity index (χ3n) is 6.27. The Labute approximate surface area is 181 Å². The van der Waals surface area contributed by atoms with Crippen molar-refractivity contribution in [1.29, 1.82) is 0 Å². The van der Waals surface area contributed by atoms with Crippen LogP contribution >= 0.6 is 11.3 Å². The molecule has 5 heteroatoms. The fraction of sp³-hybridized carbons (Fsp3) is 0.360. The predicted molar refractivity (Wildman–Crippen MR) is 123 cm³/mol. The number of rotatable bonds is 5. The summed E-state index contributed by atoms with van der Waals surface area (Å²) >= 11 is 1.30. The van der Waals surface area contributed by atoms with E-state index in [0.29, 0.717) is 11.4 Å². The Morgan fingerprint density at radius 3 is 2.43 bits per heavy atom. The van der Waals surface area contributed by atoms with Gasteiger partial charge < -0.3 is 5.11 Å². The van der Waals surface area contributed by atoms with E-state index in [2.05, 4.69) is 51.0 Å². The van der Waals surface area contributed by atoms with Gasteiger partial charge in [0.05, 0.1) is 6.54 Å². The SMILES string of the molecule is CC1(C)CCC(C)(C)c2cc(Cn3cccn3)c(C=Cc3ccc(C(=O)O)s3)cc21. The molecule has 3 aromatic rings. The molecule has 4 nitrogen and oxygen atoms in total. The topological polar surface area (TPSA) is 55.1 Å². The molecule has 0 aliphatic heterocycles. The lowest BCUT2D eigenvalue weighted by Gasteiger charge is -2.42. The Hall–Kier alpha value is -2.66. The molecule has 0 atom stereocenters. The van der Waals surface area contributed by atoms with Gasteiger partial charge in [0.25, 0.3) is 0 Å². The molecule has 0 radical (unpaired) electrons. The summed E-state index contributed by atoms with van der Waals surface area (Å²) in [5, 5.41) is 13.6. The molecule has 0 bridgehead atoms. The second-order valence-corrected chi connectivity index (χ2v) is 10.5. The number of carbonyl (C=O) groups is 1. The molecule has 1 N–H and O–H groups in total. The van der Waals surface area contributed by atoms with Crippen molar-refractivity contribution < 1.29 is 9.90 Å². The zero-order valence-electron chi connectivity index (χ0n) is 18.0. The van der Waals surface area contributed by atoms with Crippen LogP contribution in [-0.4, -0.2) is 20.9 Å². The highest BCUT2D eigenvalue weighted by Gasteiger charge is 2.37. The number of hydrogen-bond donors (Lipinski definition) is 1. The van der Waals surface area contributed by atoms with E-state index in [4.69, 9.17) is 0 Å². The maximum Gasteiger partial charge on any atom is 0.345 e. The fourth-order valence-electron chi connectivity index (χ4n) is 4.27. The Morgan fingerprint density at radius 1 is 1.13 bits per heavy atom. The van der Waals surface area contributed by atoms with Crippen molar-refractivity contribution >= 4 is 29.5 Å². The van der Waals surface area contributed by atoms with Gasteiger partial charge in [-0.2, -0.15) is 5.10 Å². The van der Waals surface area contributed by atoms with Gasteiger partial charge >= 0.3 is 5.97 Å². The number of benzene rings is 1. The second kappa shape index (κ2) is 7.55. The molecule has 0 fully saturated rings.